The number of aryl methyl sites for hydroxylation is 4. The van der Waals surface area contributed by atoms with Gasteiger partial charge in [0.25, 0.3) is 0 Å². The van der Waals surface area contributed by atoms with E-state index in [2.05, 4.69) is 27.7 Å². The maximum absolute atomic E-state index is 4.88. The van der Waals surface area contributed by atoms with Crippen molar-refractivity contribution in [1.29, 1.82) is 0 Å². The first-order chi connectivity index (χ1) is 14.6. The van der Waals surface area contributed by atoms with E-state index in [1.54, 1.807) is 0 Å². The average molecular weight is 396 g/mol. The third-order valence-electron chi connectivity index (χ3n) is 5.65. The summed E-state index contributed by atoms with van der Waals surface area (Å²) < 4.78 is 0. The third-order valence-corrected chi connectivity index (χ3v) is 5.65. The summed E-state index contributed by atoms with van der Waals surface area (Å²) in [7, 11) is 0. The van der Waals surface area contributed by atoms with Gasteiger partial charge in [0.15, 0.2) is 0 Å². The van der Waals surface area contributed by atoms with Gasteiger partial charge in [-0.3, -0.25) is 0 Å². The molecule has 0 fully saturated rings. The van der Waals surface area contributed by atoms with Gasteiger partial charge >= 0.3 is 0 Å². The molecule has 2 aromatic carbocycles. The summed E-state index contributed by atoms with van der Waals surface area (Å²) in [6.45, 7) is 8.46. The standard InChI is InChI=1S/C24H24N6/c1-5-13-14(6-2)26-18-10-22-21(9-17(18)25-13)29-23-11-19-20(12-24(23)30-22)28-16(8-4)15(7-3)27-19/h9-12H,5-8H2,1-4H3. The predicted molar refractivity (Wildman–Crippen MR) is 121 cm³/mol. The highest BCUT2D eigenvalue weighted by molar-refractivity contribution is 5.98. The van der Waals surface area contributed by atoms with Crippen LogP contribution in [0.5, 0.6) is 0 Å². The lowest BCUT2D eigenvalue weighted by atomic mass is 10.1. The minimum atomic E-state index is 0.823. The second kappa shape index (κ2) is 7.20. The van der Waals surface area contributed by atoms with E-state index in [9.17, 15) is 0 Å². The molecular formula is C24H24N6. The van der Waals surface area contributed by atoms with Gasteiger partial charge in [-0.1, -0.05) is 27.7 Å². The monoisotopic (exact) mass is 396 g/mol. The first-order valence-corrected chi connectivity index (χ1v) is 10.7. The van der Waals surface area contributed by atoms with Crippen molar-refractivity contribution in [2.75, 3.05) is 0 Å². The Morgan fingerprint density at radius 1 is 0.367 bits per heavy atom. The number of hydrogen-bond acceptors (Lipinski definition) is 6. The summed E-state index contributed by atoms with van der Waals surface area (Å²) in [4.78, 5) is 29.1. The lowest BCUT2D eigenvalue weighted by Crippen LogP contribution is -2.02. The zero-order chi connectivity index (χ0) is 20.8. The number of hydrogen-bond donors (Lipinski definition) is 0. The Morgan fingerprint density at radius 3 is 0.767 bits per heavy atom. The van der Waals surface area contributed by atoms with Crippen molar-refractivity contribution in [3.8, 4) is 0 Å². The third kappa shape index (κ3) is 2.95. The zero-order valence-electron chi connectivity index (χ0n) is 17.8. The van der Waals surface area contributed by atoms with Gasteiger partial charge in [-0.15, -0.1) is 0 Å². The Balaban J connectivity index is 1.78. The summed E-state index contributed by atoms with van der Waals surface area (Å²) in [6.07, 6.45) is 3.49. The van der Waals surface area contributed by atoms with E-state index in [-0.39, 0.29) is 0 Å². The maximum atomic E-state index is 4.88. The molecule has 0 radical (unpaired) electrons. The van der Waals surface area contributed by atoms with Crippen LogP contribution in [-0.2, 0) is 25.7 Å². The van der Waals surface area contributed by atoms with Gasteiger partial charge in [0, 0.05) is 0 Å². The van der Waals surface area contributed by atoms with E-state index in [1.165, 1.54) is 0 Å². The van der Waals surface area contributed by atoms with E-state index in [0.29, 0.717) is 0 Å². The highest BCUT2D eigenvalue weighted by atomic mass is 14.9. The molecule has 0 aliphatic heterocycles. The maximum Gasteiger partial charge on any atom is 0.0917 e. The Bertz CT molecular complexity index is 1230. The lowest BCUT2D eigenvalue weighted by Gasteiger charge is -2.09. The van der Waals surface area contributed by atoms with Gasteiger partial charge in [0.1, 0.15) is 0 Å². The molecule has 30 heavy (non-hydrogen) atoms. The van der Waals surface area contributed by atoms with E-state index in [4.69, 9.17) is 29.9 Å². The molecule has 0 unspecified atom stereocenters. The molecule has 0 aliphatic rings. The first-order valence-electron chi connectivity index (χ1n) is 10.7. The van der Waals surface area contributed by atoms with Gasteiger partial charge < -0.3 is 0 Å². The number of rotatable bonds is 4. The largest absolute Gasteiger partial charge is 0.249 e. The Labute approximate surface area is 174 Å². The van der Waals surface area contributed by atoms with E-state index < -0.39 is 0 Å². The number of aromatic nitrogens is 6. The molecule has 150 valence electrons. The Morgan fingerprint density at radius 2 is 0.567 bits per heavy atom. The highest BCUT2D eigenvalue weighted by Gasteiger charge is 2.12. The van der Waals surface area contributed by atoms with Crippen molar-refractivity contribution in [3.63, 3.8) is 0 Å². The van der Waals surface area contributed by atoms with E-state index in [0.717, 1.165) is 92.6 Å². The molecule has 0 aliphatic carbocycles. The van der Waals surface area contributed by atoms with E-state index in [1.807, 2.05) is 24.3 Å². The summed E-state index contributed by atoms with van der Waals surface area (Å²) in [6, 6.07) is 7.99. The van der Waals surface area contributed by atoms with Crippen molar-refractivity contribution in [1.82, 2.24) is 29.9 Å². The number of nitrogens with zero attached hydrogens (tertiary/aromatic N) is 6. The number of fused-ring (bicyclic) bond motifs is 4. The molecule has 0 bridgehead atoms. The van der Waals surface area contributed by atoms with Crippen LogP contribution in [0.2, 0.25) is 0 Å². The fourth-order valence-corrected chi connectivity index (χ4v) is 4.06. The molecule has 3 aromatic heterocycles. The molecule has 0 N–H and O–H groups in total. The molecule has 3 heterocycles. The van der Waals surface area contributed by atoms with Crippen LogP contribution in [-0.4, -0.2) is 29.9 Å². The molecule has 5 aromatic rings. The van der Waals surface area contributed by atoms with Gasteiger partial charge in [-0.2, -0.15) is 0 Å². The summed E-state index contributed by atoms with van der Waals surface area (Å²) >= 11 is 0. The quantitative estimate of drug-likeness (QED) is 0.401. The zero-order valence-corrected chi connectivity index (χ0v) is 17.8. The molecule has 0 amide bonds. The highest BCUT2D eigenvalue weighted by Crippen LogP contribution is 2.25. The topological polar surface area (TPSA) is 77.3 Å². The average Bonchev–Trinajstić information content (AvgIpc) is 2.78. The Kier molecular flexibility index (Phi) is 4.50. The fourth-order valence-electron chi connectivity index (χ4n) is 4.06. The minimum Gasteiger partial charge on any atom is -0.249 e. The lowest BCUT2D eigenvalue weighted by molar-refractivity contribution is 0.930. The van der Waals surface area contributed by atoms with Crippen LogP contribution in [0.4, 0.5) is 0 Å². The van der Waals surface area contributed by atoms with Crippen LogP contribution in [0.1, 0.15) is 50.5 Å². The van der Waals surface area contributed by atoms with Crippen LogP contribution >= 0.6 is 0 Å². The van der Waals surface area contributed by atoms with Crippen LogP contribution in [0, 0.1) is 0 Å². The van der Waals surface area contributed by atoms with Crippen LogP contribution in [0.15, 0.2) is 24.3 Å². The second-order valence-electron chi connectivity index (χ2n) is 7.53. The summed E-state index contributed by atoms with van der Waals surface area (Å²) in [5.41, 5.74) is 11.0. The van der Waals surface area contributed by atoms with Crippen LogP contribution in [0.25, 0.3) is 44.1 Å². The molecule has 6 heteroatoms. The summed E-state index contributed by atoms with van der Waals surface area (Å²) in [5.74, 6) is 0. The normalized spacial score (nSPS) is 11.9. The van der Waals surface area contributed by atoms with Crippen molar-refractivity contribution >= 4 is 44.1 Å². The molecule has 0 saturated carbocycles. The van der Waals surface area contributed by atoms with Gasteiger partial charge in [0.2, 0.25) is 0 Å². The molecule has 6 nitrogen and oxygen atoms in total. The van der Waals surface area contributed by atoms with Gasteiger partial charge in [-0.05, 0) is 49.9 Å². The van der Waals surface area contributed by atoms with E-state index >= 15 is 0 Å². The SMILES string of the molecule is CCc1nc2cc3nc4cc5nc(CC)c(CC)nc5cc4nc3cc2nc1CC. The van der Waals surface area contributed by atoms with Gasteiger partial charge in [0.05, 0.1) is 66.9 Å². The van der Waals surface area contributed by atoms with Crippen molar-refractivity contribution in [2.45, 2.75) is 53.4 Å². The van der Waals surface area contributed by atoms with Crippen LogP contribution in [0.3, 0.4) is 0 Å². The van der Waals surface area contributed by atoms with Crippen LogP contribution < -0.4 is 0 Å². The minimum absolute atomic E-state index is 0.823. The predicted octanol–water partition coefficient (Wildman–Crippen LogP) is 4.92. The molecule has 0 spiro atoms. The van der Waals surface area contributed by atoms with Crippen molar-refractivity contribution < 1.29 is 0 Å². The molecule has 5 rings (SSSR count). The van der Waals surface area contributed by atoms with Crippen molar-refractivity contribution in [2.24, 2.45) is 0 Å². The molecule has 0 atom stereocenters. The fraction of sp³-hybridized carbons (Fsp3) is 0.333. The Hall–Kier alpha value is -3.28. The molecular weight excluding hydrogens is 372 g/mol. The molecule has 0 saturated heterocycles. The second-order valence-corrected chi connectivity index (χ2v) is 7.53. The smallest absolute Gasteiger partial charge is 0.0917 e. The van der Waals surface area contributed by atoms with Crippen molar-refractivity contribution in [3.05, 3.63) is 47.0 Å². The first kappa shape index (κ1) is 18.7. The summed E-state index contributed by atoms with van der Waals surface area (Å²) in [5, 5.41) is 0. The number of benzene rings is 2. The van der Waals surface area contributed by atoms with Gasteiger partial charge in [-0.25, -0.2) is 29.9 Å².